The van der Waals surface area contributed by atoms with Crippen molar-refractivity contribution in [1.29, 1.82) is 0 Å². The van der Waals surface area contributed by atoms with Crippen LogP contribution < -0.4 is 5.32 Å². The Balaban J connectivity index is 1.90. The van der Waals surface area contributed by atoms with Crippen LogP contribution >= 0.6 is 0 Å². The van der Waals surface area contributed by atoms with Crippen LogP contribution in [-0.4, -0.2) is 30.0 Å². The average molecular weight is 249 g/mol. The van der Waals surface area contributed by atoms with E-state index in [1.54, 1.807) is 0 Å². The van der Waals surface area contributed by atoms with Gasteiger partial charge in [0.15, 0.2) is 0 Å². The standard InChI is InChI=1S/C15H23NO2/c1-11-4-5-12(2)14(8-11)9-16-10-15(17)6-7-18-13(15)3/h4-5,8,13,16-17H,6-7,9-10H2,1-3H3. The highest BCUT2D eigenvalue weighted by atomic mass is 16.5. The van der Waals surface area contributed by atoms with Crippen LogP contribution in [0.4, 0.5) is 0 Å². The molecule has 2 atom stereocenters. The molecular formula is C15H23NO2. The van der Waals surface area contributed by atoms with Gasteiger partial charge in [-0.2, -0.15) is 0 Å². The average Bonchev–Trinajstić information content (AvgIpc) is 2.64. The Labute approximate surface area is 109 Å². The number of benzene rings is 1. The molecule has 3 nitrogen and oxygen atoms in total. The van der Waals surface area contributed by atoms with Gasteiger partial charge in [-0.1, -0.05) is 23.8 Å². The van der Waals surface area contributed by atoms with Gasteiger partial charge in [0.25, 0.3) is 0 Å². The summed E-state index contributed by atoms with van der Waals surface area (Å²) in [4.78, 5) is 0. The van der Waals surface area contributed by atoms with Crippen LogP contribution in [0.3, 0.4) is 0 Å². The molecule has 18 heavy (non-hydrogen) atoms. The Morgan fingerprint density at radius 3 is 2.89 bits per heavy atom. The van der Waals surface area contributed by atoms with Crippen LogP contribution in [0.1, 0.15) is 30.0 Å². The van der Waals surface area contributed by atoms with Crippen LogP contribution in [0.25, 0.3) is 0 Å². The summed E-state index contributed by atoms with van der Waals surface area (Å²) in [5, 5.41) is 13.7. The third kappa shape index (κ3) is 2.91. The highest BCUT2D eigenvalue weighted by Crippen LogP contribution is 2.24. The molecule has 2 N–H and O–H groups in total. The predicted octanol–water partition coefficient (Wildman–Crippen LogP) is 1.93. The van der Waals surface area contributed by atoms with Gasteiger partial charge in [0, 0.05) is 26.1 Å². The number of rotatable bonds is 4. The smallest absolute Gasteiger partial charge is 0.105 e. The van der Waals surface area contributed by atoms with E-state index in [9.17, 15) is 5.11 Å². The molecule has 2 unspecified atom stereocenters. The summed E-state index contributed by atoms with van der Waals surface area (Å²) in [6.45, 7) is 8.19. The molecule has 0 saturated carbocycles. The van der Waals surface area contributed by atoms with Crippen molar-refractivity contribution in [3.63, 3.8) is 0 Å². The molecule has 0 bridgehead atoms. The molecule has 0 aromatic heterocycles. The number of aryl methyl sites for hydroxylation is 2. The number of nitrogens with one attached hydrogen (secondary N) is 1. The van der Waals surface area contributed by atoms with Gasteiger partial charge in [0.2, 0.25) is 0 Å². The number of ether oxygens (including phenoxy) is 1. The van der Waals surface area contributed by atoms with E-state index in [1.165, 1.54) is 16.7 Å². The van der Waals surface area contributed by atoms with Crippen molar-refractivity contribution in [2.75, 3.05) is 13.2 Å². The SMILES string of the molecule is Cc1ccc(C)c(CNCC2(O)CCOC2C)c1. The van der Waals surface area contributed by atoms with Crippen molar-refractivity contribution in [3.05, 3.63) is 34.9 Å². The second kappa shape index (κ2) is 5.39. The molecular weight excluding hydrogens is 226 g/mol. The molecule has 1 saturated heterocycles. The maximum absolute atomic E-state index is 10.4. The van der Waals surface area contributed by atoms with Gasteiger partial charge in [-0.15, -0.1) is 0 Å². The van der Waals surface area contributed by atoms with Gasteiger partial charge in [0.1, 0.15) is 5.60 Å². The molecule has 1 aliphatic heterocycles. The van der Waals surface area contributed by atoms with Crippen LogP contribution in [0.2, 0.25) is 0 Å². The summed E-state index contributed by atoms with van der Waals surface area (Å²) >= 11 is 0. The fourth-order valence-electron chi connectivity index (χ4n) is 2.41. The molecule has 1 fully saturated rings. The minimum Gasteiger partial charge on any atom is -0.386 e. The molecule has 3 heteroatoms. The summed E-state index contributed by atoms with van der Waals surface area (Å²) in [5.74, 6) is 0. The van der Waals surface area contributed by atoms with Crippen molar-refractivity contribution in [3.8, 4) is 0 Å². The van der Waals surface area contributed by atoms with Gasteiger partial charge in [-0.3, -0.25) is 0 Å². The second-order valence-electron chi connectivity index (χ2n) is 5.40. The Hall–Kier alpha value is -0.900. The Morgan fingerprint density at radius 1 is 1.44 bits per heavy atom. The highest BCUT2D eigenvalue weighted by molar-refractivity contribution is 5.30. The number of aliphatic hydroxyl groups is 1. The van der Waals surface area contributed by atoms with Gasteiger partial charge in [-0.25, -0.2) is 0 Å². The monoisotopic (exact) mass is 249 g/mol. The first-order valence-electron chi connectivity index (χ1n) is 6.62. The van der Waals surface area contributed by atoms with Gasteiger partial charge < -0.3 is 15.2 Å². The van der Waals surface area contributed by atoms with E-state index in [-0.39, 0.29) is 6.10 Å². The van der Waals surface area contributed by atoms with Gasteiger partial charge >= 0.3 is 0 Å². The molecule has 1 aromatic carbocycles. The molecule has 1 aromatic rings. The van der Waals surface area contributed by atoms with Crippen LogP contribution in [0, 0.1) is 13.8 Å². The lowest BCUT2D eigenvalue weighted by atomic mass is 9.96. The zero-order valence-electron chi connectivity index (χ0n) is 11.5. The minimum absolute atomic E-state index is 0.0800. The lowest BCUT2D eigenvalue weighted by Gasteiger charge is -2.26. The van der Waals surface area contributed by atoms with E-state index >= 15 is 0 Å². The lowest BCUT2D eigenvalue weighted by molar-refractivity contribution is -0.0263. The van der Waals surface area contributed by atoms with Crippen molar-refractivity contribution >= 4 is 0 Å². The minimum atomic E-state index is -0.711. The summed E-state index contributed by atoms with van der Waals surface area (Å²) in [7, 11) is 0. The van der Waals surface area contributed by atoms with E-state index in [1.807, 2.05) is 6.92 Å². The van der Waals surface area contributed by atoms with Gasteiger partial charge in [-0.05, 0) is 31.9 Å². The van der Waals surface area contributed by atoms with Gasteiger partial charge in [0.05, 0.1) is 6.10 Å². The maximum Gasteiger partial charge on any atom is 0.105 e. The number of hydrogen-bond donors (Lipinski definition) is 2. The number of hydrogen-bond acceptors (Lipinski definition) is 3. The van der Waals surface area contributed by atoms with E-state index in [4.69, 9.17) is 4.74 Å². The van der Waals surface area contributed by atoms with Crippen molar-refractivity contribution < 1.29 is 9.84 Å². The molecule has 1 aliphatic rings. The zero-order chi connectivity index (χ0) is 13.2. The molecule has 2 rings (SSSR count). The zero-order valence-corrected chi connectivity index (χ0v) is 11.5. The normalized spacial score (nSPS) is 27.7. The first-order valence-corrected chi connectivity index (χ1v) is 6.62. The Kier molecular flexibility index (Phi) is 4.05. The lowest BCUT2D eigenvalue weighted by Crippen LogP contribution is -2.45. The maximum atomic E-state index is 10.4. The molecule has 0 radical (unpaired) electrons. The molecule has 0 amide bonds. The van der Waals surface area contributed by atoms with Crippen molar-refractivity contribution in [1.82, 2.24) is 5.32 Å². The third-order valence-electron chi connectivity index (χ3n) is 3.91. The summed E-state index contributed by atoms with van der Waals surface area (Å²) in [6.07, 6.45) is 0.636. The topological polar surface area (TPSA) is 41.5 Å². The van der Waals surface area contributed by atoms with Crippen molar-refractivity contribution in [2.24, 2.45) is 0 Å². The molecule has 0 aliphatic carbocycles. The van der Waals surface area contributed by atoms with Crippen LogP contribution in [0.15, 0.2) is 18.2 Å². The highest BCUT2D eigenvalue weighted by Gasteiger charge is 2.38. The van der Waals surface area contributed by atoms with Crippen LogP contribution in [-0.2, 0) is 11.3 Å². The van der Waals surface area contributed by atoms with E-state index < -0.39 is 5.60 Å². The largest absolute Gasteiger partial charge is 0.386 e. The fraction of sp³-hybridized carbons (Fsp3) is 0.600. The fourth-order valence-corrected chi connectivity index (χ4v) is 2.41. The van der Waals surface area contributed by atoms with E-state index in [0.717, 1.165) is 6.54 Å². The molecule has 1 heterocycles. The Morgan fingerprint density at radius 2 is 2.22 bits per heavy atom. The quantitative estimate of drug-likeness (QED) is 0.857. The van der Waals surface area contributed by atoms with Crippen molar-refractivity contribution in [2.45, 2.75) is 45.4 Å². The third-order valence-corrected chi connectivity index (χ3v) is 3.91. The first kappa shape index (κ1) is 13.5. The summed E-state index contributed by atoms with van der Waals surface area (Å²) in [5.41, 5.74) is 3.15. The molecule has 100 valence electrons. The second-order valence-corrected chi connectivity index (χ2v) is 5.40. The van der Waals surface area contributed by atoms with Crippen LogP contribution in [0.5, 0.6) is 0 Å². The Bertz CT molecular complexity index is 419. The summed E-state index contributed by atoms with van der Waals surface area (Å²) in [6, 6.07) is 6.46. The predicted molar refractivity (Wildman–Crippen MR) is 72.6 cm³/mol. The van der Waals surface area contributed by atoms with E-state index in [2.05, 4.69) is 37.4 Å². The summed E-state index contributed by atoms with van der Waals surface area (Å²) < 4.78 is 5.42. The first-order chi connectivity index (χ1) is 8.51. The van der Waals surface area contributed by atoms with E-state index in [0.29, 0.717) is 19.6 Å². The molecule has 0 spiro atoms.